The number of nitrogens with one attached hydrogen (secondary N) is 1. The molecule has 2 fully saturated rings. The van der Waals surface area contributed by atoms with Gasteiger partial charge in [-0.3, -0.25) is 9.89 Å². The number of hydrogen-bond acceptors (Lipinski definition) is 2. The summed E-state index contributed by atoms with van der Waals surface area (Å²) in [5.41, 5.74) is 6.53. The minimum atomic E-state index is -0.268. The minimum absolute atomic E-state index is 0. The van der Waals surface area contributed by atoms with Gasteiger partial charge < -0.3 is 11.1 Å². The Morgan fingerprint density at radius 1 is 1.32 bits per heavy atom. The number of nitrogens with two attached hydrogens (primary N) is 1. The number of nitrogens with zero attached hydrogens (tertiary/aromatic N) is 2. The smallest absolute Gasteiger partial charge is 0.188 e. The monoisotopic (exact) mass is 480 g/mol. The highest BCUT2D eigenvalue weighted by Gasteiger charge is 2.27. The van der Waals surface area contributed by atoms with E-state index in [1.165, 1.54) is 25.3 Å². The Labute approximate surface area is 171 Å². The van der Waals surface area contributed by atoms with Crippen LogP contribution in [0.3, 0.4) is 0 Å². The number of halogens is 3. The van der Waals surface area contributed by atoms with Gasteiger partial charge in [-0.1, -0.05) is 24.1 Å². The van der Waals surface area contributed by atoms with Crippen molar-refractivity contribution in [2.24, 2.45) is 16.6 Å². The Morgan fingerprint density at radius 2 is 2.04 bits per heavy atom. The molecule has 3 N–H and O–H groups in total. The summed E-state index contributed by atoms with van der Waals surface area (Å²) in [5.74, 6) is 0.892. The van der Waals surface area contributed by atoms with Crippen molar-refractivity contribution in [3.63, 3.8) is 0 Å². The van der Waals surface area contributed by atoms with Gasteiger partial charge in [0, 0.05) is 17.1 Å². The van der Waals surface area contributed by atoms with E-state index in [9.17, 15) is 4.39 Å². The molecule has 1 unspecified atom stereocenters. The normalized spacial score (nSPS) is 20.0. The molecule has 25 heavy (non-hydrogen) atoms. The zero-order valence-electron chi connectivity index (χ0n) is 14.4. The summed E-state index contributed by atoms with van der Waals surface area (Å²) in [6, 6.07) is 4.68. The Kier molecular flexibility index (Phi) is 8.22. The molecule has 1 atom stereocenters. The van der Waals surface area contributed by atoms with Crippen LogP contribution < -0.4 is 11.1 Å². The van der Waals surface area contributed by atoms with Crippen LogP contribution in [-0.2, 0) is 0 Å². The molecule has 0 radical (unpaired) electrons. The molecule has 0 bridgehead atoms. The third kappa shape index (κ3) is 5.44. The predicted octanol–water partition coefficient (Wildman–Crippen LogP) is 3.94. The van der Waals surface area contributed by atoms with Crippen molar-refractivity contribution < 1.29 is 4.39 Å². The summed E-state index contributed by atoms with van der Waals surface area (Å²) in [6.07, 6.45) is 6.10. The van der Waals surface area contributed by atoms with E-state index in [-0.39, 0.29) is 35.8 Å². The van der Waals surface area contributed by atoms with E-state index < -0.39 is 0 Å². The van der Waals surface area contributed by atoms with Gasteiger partial charge in [-0.2, -0.15) is 0 Å². The maximum Gasteiger partial charge on any atom is 0.188 e. The van der Waals surface area contributed by atoms with Gasteiger partial charge in [0.25, 0.3) is 0 Å². The number of aliphatic imine (C=N–C) groups is 1. The Balaban J connectivity index is 0.00000225. The second kappa shape index (κ2) is 9.92. The van der Waals surface area contributed by atoms with E-state index in [2.05, 4.69) is 15.2 Å². The van der Waals surface area contributed by atoms with Crippen LogP contribution in [0, 0.1) is 11.7 Å². The van der Waals surface area contributed by atoms with Crippen molar-refractivity contribution in [1.29, 1.82) is 0 Å². The van der Waals surface area contributed by atoms with Gasteiger partial charge in [-0.15, -0.1) is 24.0 Å². The van der Waals surface area contributed by atoms with Crippen molar-refractivity contribution >= 4 is 41.5 Å². The Hall–Kier alpha value is -0.600. The van der Waals surface area contributed by atoms with Crippen LogP contribution in [-0.4, -0.2) is 37.0 Å². The number of rotatable bonds is 6. The largest absolute Gasteiger partial charge is 0.370 e. The summed E-state index contributed by atoms with van der Waals surface area (Å²) >= 11 is 6.29. The van der Waals surface area contributed by atoms with Crippen LogP contribution in [0.2, 0.25) is 5.02 Å². The van der Waals surface area contributed by atoms with Crippen molar-refractivity contribution in [2.75, 3.05) is 26.2 Å². The van der Waals surface area contributed by atoms with Crippen molar-refractivity contribution in [2.45, 2.75) is 38.1 Å². The van der Waals surface area contributed by atoms with Crippen LogP contribution in [0.4, 0.5) is 4.39 Å². The topological polar surface area (TPSA) is 53.6 Å². The zero-order valence-corrected chi connectivity index (χ0v) is 17.5. The molecule has 0 aromatic heterocycles. The summed E-state index contributed by atoms with van der Waals surface area (Å²) in [5, 5.41) is 3.65. The number of benzene rings is 1. The first-order chi connectivity index (χ1) is 11.6. The Bertz CT molecular complexity index is 568. The molecular formula is C18H27ClFIN4. The van der Waals surface area contributed by atoms with Gasteiger partial charge in [0.15, 0.2) is 5.96 Å². The molecule has 140 valence electrons. The first kappa shape index (κ1) is 20.7. The molecule has 1 aliphatic heterocycles. The third-order valence-electron chi connectivity index (χ3n) is 5.15. The van der Waals surface area contributed by atoms with Crippen LogP contribution in [0.5, 0.6) is 0 Å². The fraction of sp³-hybridized carbons (Fsp3) is 0.611. The molecule has 2 aliphatic rings. The summed E-state index contributed by atoms with van der Waals surface area (Å²) in [7, 11) is 0. The van der Waals surface area contributed by atoms with E-state index in [0.29, 0.717) is 29.0 Å². The summed E-state index contributed by atoms with van der Waals surface area (Å²) in [4.78, 5) is 6.73. The maximum atomic E-state index is 14.4. The highest BCUT2D eigenvalue weighted by Crippen LogP contribution is 2.32. The standard InChI is InChI=1S/C18H26ClFN4.HI/c19-14-7-4-8-15(20)17(14)16(24-9-1-2-10-24)12-23-18(21)22-11-13-5-3-6-13;/h4,7-8,13,16H,1-3,5-6,9-12H2,(H3,21,22,23);1H. The van der Waals surface area contributed by atoms with Crippen LogP contribution in [0.1, 0.15) is 43.7 Å². The van der Waals surface area contributed by atoms with Crippen LogP contribution in [0.15, 0.2) is 23.2 Å². The van der Waals surface area contributed by atoms with E-state index in [0.717, 1.165) is 32.5 Å². The first-order valence-corrected chi connectivity index (χ1v) is 9.24. The molecule has 1 aliphatic carbocycles. The second-order valence-corrected chi connectivity index (χ2v) is 7.21. The van der Waals surface area contributed by atoms with E-state index in [1.54, 1.807) is 12.1 Å². The van der Waals surface area contributed by atoms with Crippen LogP contribution >= 0.6 is 35.6 Å². The van der Waals surface area contributed by atoms with E-state index >= 15 is 0 Å². The number of guanidine groups is 1. The lowest BCUT2D eigenvalue weighted by Gasteiger charge is -2.28. The molecule has 1 saturated carbocycles. The fourth-order valence-electron chi connectivity index (χ4n) is 3.46. The molecule has 1 heterocycles. The van der Waals surface area contributed by atoms with E-state index in [1.807, 2.05) is 0 Å². The average molecular weight is 481 g/mol. The summed E-state index contributed by atoms with van der Waals surface area (Å²) in [6.45, 7) is 3.19. The lowest BCUT2D eigenvalue weighted by molar-refractivity contribution is 0.246. The van der Waals surface area contributed by atoms with Gasteiger partial charge in [0.1, 0.15) is 5.82 Å². The second-order valence-electron chi connectivity index (χ2n) is 6.80. The van der Waals surface area contributed by atoms with Crippen molar-refractivity contribution in [3.05, 3.63) is 34.6 Å². The molecule has 7 heteroatoms. The predicted molar refractivity (Wildman–Crippen MR) is 112 cm³/mol. The molecule has 0 spiro atoms. The molecule has 1 aromatic carbocycles. The highest BCUT2D eigenvalue weighted by molar-refractivity contribution is 14.0. The minimum Gasteiger partial charge on any atom is -0.370 e. The third-order valence-corrected chi connectivity index (χ3v) is 5.48. The molecule has 3 rings (SSSR count). The molecule has 1 saturated heterocycles. The van der Waals surface area contributed by atoms with Gasteiger partial charge in [-0.05, 0) is 56.8 Å². The highest BCUT2D eigenvalue weighted by atomic mass is 127. The van der Waals surface area contributed by atoms with Gasteiger partial charge in [-0.25, -0.2) is 4.39 Å². The maximum absolute atomic E-state index is 14.4. The van der Waals surface area contributed by atoms with Crippen molar-refractivity contribution in [1.82, 2.24) is 10.2 Å². The molecule has 4 nitrogen and oxygen atoms in total. The number of likely N-dealkylation sites (tertiary alicyclic amines) is 1. The van der Waals surface area contributed by atoms with Gasteiger partial charge in [0.05, 0.1) is 12.6 Å². The van der Waals surface area contributed by atoms with Crippen LogP contribution in [0.25, 0.3) is 0 Å². The lowest BCUT2D eigenvalue weighted by Crippen LogP contribution is -2.38. The van der Waals surface area contributed by atoms with Crippen molar-refractivity contribution in [3.8, 4) is 0 Å². The quantitative estimate of drug-likeness (QED) is 0.368. The lowest BCUT2D eigenvalue weighted by atomic mass is 9.85. The fourth-order valence-corrected chi connectivity index (χ4v) is 3.75. The summed E-state index contributed by atoms with van der Waals surface area (Å²) < 4.78 is 14.4. The first-order valence-electron chi connectivity index (χ1n) is 8.87. The van der Waals surface area contributed by atoms with Gasteiger partial charge in [0.2, 0.25) is 0 Å². The molecular weight excluding hydrogens is 454 g/mol. The SMILES string of the molecule is I.NC(=NCC(c1c(F)cccc1Cl)N1CCCC1)NCC1CCC1. The Morgan fingerprint density at radius 3 is 2.64 bits per heavy atom. The van der Waals surface area contributed by atoms with E-state index in [4.69, 9.17) is 17.3 Å². The molecule has 1 aromatic rings. The average Bonchev–Trinajstić information content (AvgIpc) is 3.02. The molecule has 0 amide bonds. The van der Waals surface area contributed by atoms with Gasteiger partial charge >= 0.3 is 0 Å². The zero-order chi connectivity index (χ0) is 16.9. The number of hydrogen-bond donors (Lipinski definition) is 2.